The van der Waals surface area contributed by atoms with E-state index in [0.29, 0.717) is 15.2 Å². The van der Waals surface area contributed by atoms with Crippen molar-refractivity contribution in [3.05, 3.63) is 57.3 Å². The lowest BCUT2D eigenvalue weighted by atomic mass is 10.1. The van der Waals surface area contributed by atoms with E-state index in [0.717, 1.165) is 11.3 Å². The third kappa shape index (κ3) is 3.07. The molecule has 1 unspecified atom stereocenters. The molecule has 0 fully saturated rings. The number of nitrogen functional groups attached to an aromatic ring is 1. The normalized spacial score (nSPS) is 12.2. The lowest BCUT2D eigenvalue weighted by Crippen LogP contribution is -2.22. The van der Waals surface area contributed by atoms with Crippen LogP contribution in [-0.4, -0.2) is 7.05 Å². The molecule has 2 aromatic carbocycles. The van der Waals surface area contributed by atoms with Crippen LogP contribution in [0.1, 0.15) is 18.5 Å². The summed E-state index contributed by atoms with van der Waals surface area (Å²) in [6, 6.07) is 10.7. The third-order valence-electron chi connectivity index (χ3n) is 3.36. The average Bonchev–Trinajstić information content (AvgIpc) is 2.41. The molecule has 2 nitrogen and oxygen atoms in total. The van der Waals surface area contributed by atoms with Gasteiger partial charge in [0.1, 0.15) is 5.82 Å². The maximum absolute atomic E-state index is 13.4. The summed E-state index contributed by atoms with van der Waals surface area (Å²) in [6.07, 6.45) is 0. The fourth-order valence-corrected chi connectivity index (χ4v) is 2.59. The standard InChI is InChI=1S/C15H15BrClFN2/c1-9(10-4-3-5-11(17)6-10)20(2)15-7-12(16)13(18)8-14(15)19/h3-9H,19H2,1-2H3. The van der Waals surface area contributed by atoms with Crippen LogP contribution in [-0.2, 0) is 0 Å². The Bertz CT molecular complexity index is 633. The molecule has 2 rings (SSSR count). The predicted octanol–water partition coefficient (Wildman–Crippen LogP) is 5.02. The van der Waals surface area contributed by atoms with Gasteiger partial charge in [0.05, 0.1) is 21.9 Å². The third-order valence-corrected chi connectivity index (χ3v) is 4.20. The summed E-state index contributed by atoms with van der Waals surface area (Å²) in [5.74, 6) is -0.366. The average molecular weight is 358 g/mol. The predicted molar refractivity (Wildman–Crippen MR) is 86.8 cm³/mol. The molecule has 20 heavy (non-hydrogen) atoms. The minimum absolute atomic E-state index is 0.0633. The Labute approximate surface area is 131 Å². The molecular weight excluding hydrogens is 343 g/mol. The number of benzene rings is 2. The summed E-state index contributed by atoms with van der Waals surface area (Å²) in [7, 11) is 1.92. The van der Waals surface area contributed by atoms with Crippen LogP contribution >= 0.6 is 27.5 Å². The van der Waals surface area contributed by atoms with Crippen molar-refractivity contribution in [3.63, 3.8) is 0 Å². The molecular formula is C15H15BrClFN2. The SMILES string of the molecule is CC(c1cccc(Cl)c1)N(C)c1cc(Br)c(F)cc1N. The number of nitrogens with zero attached hydrogens (tertiary/aromatic N) is 1. The van der Waals surface area contributed by atoms with Gasteiger partial charge in [0.2, 0.25) is 0 Å². The van der Waals surface area contributed by atoms with Gasteiger partial charge < -0.3 is 10.6 Å². The van der Waals surface area contributed by atoms with Crippen LogP contribution in [0.25, 0.3) is 0 Å². The lowest BCUT2D eigenvalue weighted by molar-refractivity contribution is 0.621. The Morgan fingerprint density at radius 2 is 2.00 bits per heavy atom. The Morgan fingerprint density at radius 3 is 2.65 bits per heavy atom. The summed E-state index contributed by atoms with van der Waals surface area (Å²) in [5.41, 5.74) is 8.15. The highest BCUT2D eigenvalue weighted by atomic mass is 79.9. The quantitative estimate of drug-likeness (QED) is 0.781. The van der Waals surface area contributed by atoms with E-state index in [1.54, 1.807) is 6.07 Å². The number of halogens is 3. The zero-order chi connectivity index (χ0) is 14.9. The Hall–Kier alpha value is -1.26. The summed E-state index contributed by atoms with van der Waals surface area (Å²) in [5, 5.41) is 0.691. The molecule has 0 bridgehead atoms. The smallest absolute Gasteiger partial charge is 0.139 e. The summed E-state index contributed by atoms with van der Waals surface area (Å²) < 4.78 is 13.8. The minimum Gasteiger partial charge on any atom is -0.397 e. The molecule has 106 valence electrons. The van der Waals surface area contributed by atoms with Crippen LogP contribution in [0.15, 0.2) is 40.9 Å². The number of hydrogen-bond acceptors (Lipinski definition) is 2. The van der Waals surface area contributed by atoms with Crippen molar-refractivity contribution in [2.45, 2.75) is 13.0 Å². The second-order valence-corrected chi connectivity index (χ2v) is 5.96. The Morgan fingerprint density at radius 1 is 1.30 bits per heavy atom. The van der Waals surface area contributed by atoms with E-state index in [-0.39, 0.29) is 11.9 Å². The summed E-state index contributed by atoms with van der Waals surface area (Å²) in [4.78, 5) is 1.99. The van der Waals surface area contributed by atoms with Gasteiger partial charge in [-0.2, -0.15) is 0 Å². The zero-order valence-electron chi connectivity index (χ0n) is 11.2. The molecule has 0 amide bonds. The molecule has 1 atom stereocenters. The van der Waals surface area contributed by atoms with Crippen molar-refractivity contribution >= 4 is 38.9 Å². The first-order chi connectivity index (χ1) is 9.40. The fourth-order valence-electron chi connectivity index (χ4n) is 2.06. The van der Waals surface area contributed by atoms with Crippen molar-refractivity contribution in [2.24, 2.45) is 0 Å². The van der Waals surface area contributed by atoms with Gasteiger partial charge in [-0.15, -0.1) is 0 Å². The summed E-state index contributed by atoms with van der Waals surface area (Å²) in [6.45, 7) is 2.04. The van der Waals surface area contributed by atoms with Crippen molar-refractivity contribution in [2.75, 3.05) is 17.7 Å². The second kappa shape index (κ2) is 6.02. The molecule has 0 aliphatic carbocycles. The molecule has 2 N–H and O–H groups in total. The molecule has 5 heteroatoms. The van der Waals surface area contributed by atoms with Crippen molar-refractivity contribution in [3.8, 4) is 0 Å². The van der Waals surface area contributed by atoms with Gasteiger partial charge in [-0.05, 0) is 46.6 Å². The number of nitrogens with two attached hydrogens (primary N) is 1. The molecule has 0 aromatic heterocycles. The first-order valence-electron chi connectivity index (χ1n) is 6.13. The number of rotatable bonds is 3. The van der Waals surface area contributed by atoms with Gasteiger partial charge in [0, 0.05) is 18.1 Å². The van der Waals surface area contributed by atoms with Crippen LogP contribution < -0.4 is 10.6 Å². The monoisotopic (exact) mass is 356 g/mol. The number of hydrogen-bond donors (Lipinski definition) is 1. The lowest BCUT2D eigenvalue weighted by Gasteiger charge is -2.29. The van der Waals surface area contributed by atoms with Crippen molar-refractivity contribution in [1.82, 2.24) is 0 Å². The highest BCUT2D eigenvalue weighted by Crippen LogP contribution is 2.34. The van der Waals surface area contributed by atoms with Gasteiger partial charge in [-0.25, -0.2) is 4.39 Å². The molecule has 0 radical (unpaired) electrons. The van der Waals surface area contributed by atoms with Crippen molar-refractivity contribution in [1.29, 1.82) is 0 Å². The largest absolute Gasteiger partial charge is 0.397 e. The molecule has 0 saturated heterocycles. The Balaban J connectivity index is 2.36. The van der Waals surface area contributed by atoms with Gasteiger partial charge in [-0.3, -0.25) is 0 Å². The van der Waals surface area contributed by atoms with E-state index < -0.39 is 0 Å². The van der Waals surface area contributed by atoms with Crippen LogP contribution in [0.3, 0.4) is 0 Å². The highest BCUT2D eigenvalue weighted by Gasteiger charge is 2.16. The van der Waals surface area contributed by atoms with E-state index in [4.69, 9.17) is 17.3 Å². The maximum atomic E-state index is 13.4. The Kier molecular flexibility index (Phi) is 4.55. The second-order valence-electron chi connectivity index (χ2n) is 4.67. The first kappa shape index (κ1) is 15.1. The minimum atomic E-state index is -0.366. The zero-order valence-corrected chi connectivity index (χ0v) is 13.5. The molecule has 0 aliphatic heterocycles. The van der Waals surface area contributed by atoms with Crippen LogP contribution in [0.5, 0.6) is 0 Å². The van der Waals surface area contributed by atoms with Gasteiger partial charge in [-0.1, -0.05) is 23.7 Å². The summed E-state index contributed by atoms with van der Waals surface area (Å²) >= 11 is 9.20. The molecule has 2 aromatic rings. The maximum Gasteiger partial charge on any atom is 0.139 e. The van der Waals surface area contributed by atoms with E-state index in [2.05, 4.69) is 15.9 Å². The molecule has 0 heterocycles. The van der Waals surface area contributed by atoms with E-state index in [9.17, 15) is 4.39 Å². The van der Waals surface area contributed by atoms with Crippen molar-refractivity contribution < 1.29 is 4.39 Å². The van der Waals surface area contributed by atoms with E-state index in [1.165, 1.54) is 6.07 Å². The van der Waals surface area contributed by atoms with Crippen LogP contribution in [0, 0.1) is 5.82 Å². The first-order valence-corrected chi connectivity index (χ1v) is 7.30. The molecule has 0 spiro atoms. The van der Waals surface area contributed by atoms with Gasteiger partial charge in [0.25, 0.3) is 0 Å². The fraction of sp³-hybridized carbons (Fsp3) is 0.200. The molecule has 0 aliphatic rings. The number of anilines is 2. The van der Waals surface area contributed by atoms with Crippen LogP contribution in [0.2, 0.25) is 5.02 Å². The van der Waals surface area contributed by atoms with E-state index in [1.807, 2.05) is 43.1 Å². The van der Waals surface area contributed by atoms with Crippen LogP contribution in [0.4, 0.5) is 15.8 Å². The van der Waals surface area contributed by atoms with Gasteiger partial charge >= 0.3 is 0 Å². The highest BCUT2D eigenvalue weighted by molar-refractivity contribution is 9.10. The van der Waals surface area contributed by atoms with E-state index >= 15 is 0 Å². The topological polar surface area (TPSA) is 29.3 Å². The molecule has 0 saturated carbocycles. The van der Waals surface area contributed by atoms with Gasteiger partial charge in [0.15, 0.2) is 0 Å².